The number of aliphatic hydroxyl groups is 1. The first kappa shape index (κ1) is 20.8. The number of halogens is 7. The maximum absolute atomic E-state index is 12.8. The molecule has 1 N–H and O–H groups in total. The Balaban J connectivity index is 3.29. The van der Waals surface area contributed by atoms with Gasteiger partial charge in [0.05, 0.1) is 17.9 Å². The lowest BCUT2D eigenvalue weighted by molar-refractivity contribution is -0.376. The molecule has 3 nitrogen and oxygen atoms in total. The number of benzene rings is 1. The van der Waals surface area contributed by atoms with E-state index in [0.717, 1.165) is 19.2 Å². The van der Waals surface area contributed by atoms with E-state index < -0.39 is 33.8 Å². The second-order valence-corrected chi connectivity index (χ2v) is 6.98. The highest BCUT2D eigenvalue weighted by Crippen LogP contribution is 2.50. The van der Waals surface area contributed by atoms with E-state index in [-0.39, 0.29) is 12.0 Å². The fraction of sp³-hybridized carbons (Fsp3) is 0.500. The highest BCUT2D eigenvalue weighted by molar-refractivity contribution is 9.09. The van der Waals surface area contributed by atoms with Crippen LogP contribution in [0.15, 0.2) is 24.3 Å². The monoisotopic (exact) mass is 422 g/mol. The Morgan fingerprint density at radius 3 is 1.75 bits per heavy atom. The second kappa shape index (κ2) is 6.55. The van der Waals surface area contributed by atoms with Crippen molar-refractivity contribution in [3.8, 4) is 0 Å². The summed E-state index contributed by atoms with van der Waals surface area (Å²) < 4.78 is 80.2. The van der Waals surface area contributed by atoms with Crippen molar-refractivity contribution in [2.75, 3.05) is 7.11 Å². The third-order valence-electron chi connectivity index (χ3n) is 3.43. The molecule has 136 valence electrons. The number of carbonyl (C=O) groups is 1. The molecule has 0 spiro atoms. The van der Waals surface area contributed by atoms with Gasteiger partial charge in [-0.15, -0.1) is 0 Å². The van der Waals surface area contributed by atoms with Gasteiger partial charge in [0.25, 0.3) is 5.60 Å². The third kappa shape index (κ3) is 3.85. The van der Waals surface area contributed by atoms with Gasteiger partial charge in [-0.3, -0.25) is 4.79 Å². The van der Waals surface area contributed by atoms with Crippen molar-refractivity contribution in [2.45, 2.75) is 35.6 Å². The molecule has 10 heteroatoms. The molecule has 0 fully saturated rings. The molecule has 1 atom stereocenters. The van der Waals surface area contributed by atoms with Crippen LogP contribution in [0.4, 0.5) is 26.3 Å². The topological polar surface area (TPSA) is 46.5 Å². The van der Waals surface area contributed by atoms with Gasteiger partial charge in [0.1, 0.15) is 0 Å². The van der Waals surface area contributed by atoms with Crippen molar-refractivity contribution in [3.05, 3.63) is 35.4 Å². The number of ether oxygens (including phenoxy) is 1. The molecular weight excluding hydrogens is 410 g/mol. The summed E-state index contributed by atoms with van der Waals surface area (Å²) in [6.45, 7) is 1.50. The summed E-state index contributed by atoms with van der Waals surface area (Å²) in [7, 11) is 1.14. The molecule has 1 unspecified atom stereocenters. The van der Waals surface area contributed by atoms with Crippen LogP contribution in [0.25, 0.3) is 0 Å². The summed E-state index contributed by atoms with van der Waals surface area (Å²) >= 11 is 3.18. The van der Waals surface area contributed by atoms with Crippen LogP contribution in [0, 0.1) is 0 Å². The lowest BCUT2D eigenvalue weighted by atomic mass is 9.89. The van der Waals surface area contributed by atoms with E-state index in [1.54, 1.807) is 0 Å². The maximum atomic E-state index is 12.8. The summed E-state index contributed by atoms with van der Waals surface area (Å²) in [6, 6.07) is 2.98. The van der Waals surface area contributed by atoms with Crippen LogP contribution in [-0.2, 0) is 19.5 Å². The SMILES string of the molecule is COC(=O)CC(C)(Br)c1ccc(C(O)(C(F)(F)F)C(F)(F)F)cc1. The molecule has 24 heavy (non-hydrogen) atoms. The molecule has 0 amide bonds. The van der Waals surface area contributed by atoms with Crippen LogP contribution < -0.4 is 0 Å². The molecule has 0 aliphatic carbocycles. The molecule has 0 saturated carbocycles. The Kier molecular flexibility index (Phi) is 5.66. The molecule has 0 aliphatic rings. The number of alkyl halides is 7. The maximum Gasteiger partial charge on any atom is 0.430 e. The van der Waals surface area contributed by atoms with Gasteiger partial charge < -0.3 is 9.84 Å². The lowest BCUT2D eigenvalue weighted by Gasteiger charge is -2.33. The van der Waals surface area contributed by atoms with Crippen LogP contribution in [-0.4, -0.2) is 30.5 Å². The minimum atomic E-state index is -5.95. The van der Waals surface area contributed by atoms with E-state index >= 15 is 0 Å². The fourth-order valence-electron chi connectivity index (χ4n) is 1.99. The van der Waals surface area contributed by atoms with Gasteiger partial charge in [-0.2, -0.15) is 26.3 Å². The van der Waals surface area contributed by atoms with Gasteiger partial charge in [-0.1, -0.05) is 40.2 Å². The average molecular weight is 423 g/mol. The van der Waals surface area contributed by atoms with Crippen LogP contribution in [0.5, 0.6) is 0 Å². The molecule has 0 heterocycles. The van der Waals surface area contributed by atoms with Crippen LogP contribution in [0.2, 0.25) is 0 Å². The van der Waals surface area contributed by atoms with Crippen molar-refractivity contribution in [2.24, 2.45) is 0 Å². The van der Waals surface area contributed by atoms with Crippen molar-refractivity contribution < 1.29 is 41.0 Å². The third-order valence-corrected chi connectivity index (χ3v) is 4.17. The van der Waals surface area contributed by atoms with E-state index in [9.17, 15) is 36.2 Å². The number of esters is 1. The first-order chi connectivity index (χ1) is 10.7. The Labute approximate surface area is 141 Å². The molecule has 0 aromatic heterocycles. The Morgan fingerprint density at radius 2 is 1.42 bits per heavy atom. The summed E-state index contributed by atoms with van der Waals surface area (Å²) in [5, 5.41) is 9.30. The number of rotatable bonds is 4. The number of hydrogen-bond acceptors (Lipinski definition) is 3. The van der Waals surface area contributed by atoms with Gasteiger partial charge >= 0.3 is 18.3 Å². The standard InChI is InChI=1S/C14H13BrF6O3/c1-11(15,7-10(22)24-2)8-3-5-9(6-4-8)12(23,13(16,17)18)14(19,20)21/h3-6,23H,7H2,1-2H3. The van der Waals surface area contributed by atoms with Crippen molar-refractivity contribution in [1.29, 1.82) is 0 Å². The quantitative estimate of drug-likeness (QED) is 0.450. The zero-order valence-corrected chi connectivity index (χ0v) is 14.0. The van der Waals surface area contributed by atoms with E-state index in [4.69, 9.17) is 0 Å². The number of methoxy groups -OCH3 is 1. The largest absolute Gasteiger partial charge is 0.469 e. The summed E-state index contributed by atoms with van der Waals surface area (Å²) in [4.78, 5) is 11.3. The van der Waals surface area contributed by atoms with Crippen LogP contribution >= 0.6 is 15.9 Å². The van der Waals surface area contributed by atoms with Gasteiger partial charge in [0.15, 0.2) is 0 Å². The minimum absolute atomic E-state index is 0.203. The Bertz CT molecular complexity index is 578. The van der Waals surface area contributed by atoms with Crippen molar-refractivity contribution in [3.63, 3.8) is 0 Å². The summed E-state index contributed by atoms with van der Waals surface area (Å²) in [6.07, 6.45) is -12.1. The molecule has 1 aromatic carbocycles. The van der Waals surface area contributed by atoms with Crippen LogP contribution in [0.1, 0.15) is 24.5 Å². The van der Waals surface area contributed by atoms with Gasteiger partial charge in [0, 0.05) is 5.56 Å². The first-order valence-electron chi connectivity index (χ1n) is 6.39. The number of hydrogen-bond donors (Lipinski definition) is 1. The summed E-state index contributed by atoms with van der Waals surface area (Å²) in [5.41, 5.74) is -6.11. The highest BCUT2D eigenvalue weighted by Gasteiger charge is 2.71. The highest BCUT2D eigenvalue weighted by atomic mass is 79.9. The van der Waals surface area contributed by atoms with Crippen molar-refractivity contribution >= 4 is 21.9 Å². The van der Waals surface area contributed by atoms with Gasteiger partial charge in [-0.05, 0) is 12.5 Å². The minimum Gasteiger partial charge on any atom is -0.469 e. The van der Waals surface area contributed by atoms with Crippen molar-refractivity contribution in [1.82, 2.24) is 0 Å². The average Bonchev–Trinajstić information content (AvgIpc) is 2.43. The van der Waals surface area contributed by atoms with E-state index in [0.29, 0.717) is 12.1 Å². The molecule has 1 aromatic rings. The molecule has 0 saturated heterocycles. The fourth-order valence-corrected chi connectivity index (χ4v) is 2.49. The predicted molar refractivity (Wildman–Crippen MR) is 75.4 cm³/mol. The molecule has 1 rings (SSSR count). The zero-order valence-electron chi connectivity index (χ0n) is 12.4. The van der Waals surface area contributed by atoms with Gasteiger partial charge in [-0.25, -0.2) is 0 Å². The molecule has 0 radical (unpaired) electrons. The summed E-state index contributed by atoms with van der Waals surface area (Å²) in [5.74, 6) is -0.625. The van der Waals surface area contributed by atoms with Gasteiger partial charge in [0.2, 0.25) is 0 Å². The Hall–Kier alpha value is -1.29. The molecule has 0 bridgehead atoms. The van der Waals surface area contributed by atoms with E-state index in [2.05, 4.69) is 20.7 Å². The molecule has 0 aliphatic heterocycles. The number of carbonyl (C=O) groups excluding carboxylic acids is 1. The Morgan fingerprint density at radius 1 is 1.04 bits per heavy atom. The normalized spacial score (nSPS) is 15.8. The zero-order chi connectivity index (χ0) is 19.0. The second-order valence-electron chi connectivity index (χ2n) is 5.23. The van der Waals surface area contributed by atoms with E-state index in [1.165, 1.54) is 6.92 Å². The van der Waals surface area contributed by atoms with Crippen LogP contribution in [0.3, 0.4) is 0 Å². The predicted octanol–water partition coefficient (Wildman–Crippen LogP) is 4.17. The smallest absolute Gasteiger partial charge is 0.430 e. The van der Waals surface area contributed by atoms with E-state index in [1.807, 2.05) is 0 Å². The lowest BCUT2D eigenvalue weighted by Crippen LogP contribution is -2.53. The molecular formula is C14H13BrF6O3. The first-order valence-corrected chi connectivity index (χ1v) is 7.18.